The Balaban J connectivity index is 1.61. The number of aryl methyl sites for hydroxylation is 3. The van der Waals surface area contributed by atoms with Crippen molar-refractivity contribution in [3.8, 4) is 0 Å². The molecule has 3 aromatic rings. The number of morpholine rings is 1. The van der Waals surface area contributed by atoms with Crippen LogP contribution in [0.2, 0.25) is 0 Å². The maximum atomic E-state index is 13.4. The number of nitrogens with zero attached hydrogens (tertiary/aromatic N) is 3. The van der Waals surface area contributed by atoms with Crippen LogP contribution in [0.4, 0.5) is 0 Å². The van der Waals surface area contributed by atoms with Crippen LogP contribution in [0.15, 0.2) is 65.8 Å². The number of carbonyl (C=O) groups is 2. The smallest absolute Gasteiger partial charge is 0.259 e. The lowest BCUT2D eigenvalue weighted by atomic mass is 10.1. The topological polar surface area (TPSA) is 93.5 Å². The fraction of sp³-hybridized carbons (Fsp3) is 0.357. The summed E-state index contributed by atoms with van der Waals surface area (Å²) in [5.74, 6) is -0.896. The second-order valence-corrected chi connectivity index (χ2v) is 9.36. The monoisotopic (exact) mass is 488 g/mol. The molecule has 4 rings (SSSR count). The maximum absolute atomic E-state index is 13.4. The maximum Gasteiger partial charge on any atom is 0.259 e. The summed E-state index contributed by atoms with van der Waals surface area (Å²) >= 11 is 0. The Morgan fingerprint density at radius 1 is 1.03 bits per heavy atom. The highest BCUT2D eigenvalue weighted by molar-refractivity contribution is 5.99. The molecule has 1 fully saturated rings. The van der Waals surface area contributed by atoms with Crippen LogP contribution in [-0.4, -0.2) is 51.6 Å². The summed E-state index contributed by atoms with van der Waals surface area (Å²) in [6, 6.07) is 13.5. The molecule has 3 heterocycles. The minimum atomic E-state index is -0.567. The van der Waals surface area contributed by atoms with Gasteiger partial charge >= 0.3 is 0 Å². The summed E-state index contributed by atoms with van der Waals surface area (Å²) in [7, 11) is 0. The van der Waals surface area contributed by atoms with Crippen LogP contribution in [0.25, 0.3) is 0 Å². The quantitative estimate of drug-likeness (QED) is 0.552. The van der Waals surface area contributed by atoms with Gasteiger partial charge in [0.15, 0.2) is 0 Å². The molecular weight excluding hydrogens is 456 g/mol. The van der Waals surface area contributed by atoms with Gasteiger partial charge in [-0.3, -0.25) is 19.4 Å². The Bertz CT molecular complexity index is 1260. The van der Waals surface area contributed by atoms with Crippen molar-refractivity contribution in [3.05, 3.63) is 99.2 Å². The molecule has 0 radical (unpaired) electrons. The molecule has 188 valence electrons. The van der Waals surface area contributed by atoms with Crippen molar-refractivity contribution in [2.75, 3.05) is 13.1 Å². The van der Waals surface area contributed by atoms with E-state index in [-0.39, 0.29) is 35.8 Å². The van der Waals surface area contributed by atoms with E-state index < -0.39 is 11.3 Å². The molecule has 0 aliphatic carbocycles. The van der Waals surface area contributed by atoms with Crippen LogP contribution < -0.4 is 10.7 Å². The van der Waals surface area contributed by atoms with Crippen molar-refractivity contribution < 1.29 is 14.3 Å². The molecule has 0 spiro atoms. The highest BCUT2D eigenvalue weighted by Crippen LogP contribution is 2.14. The molecule has 0 saturated carbocycles. The number of aromatic nitrogens is 2. The van der Waals surface area contributed by atoms with E-state index in [1.165, 1.54) is 6.20 Å². The van der Waals surface area contributed by atoms with E-state index in [1.807, 2.05) is 63.2 Å². The summed E-state index contributed by atoms with van der Waals surface area (Å²) < 4.78 is 7.47. The summed E-state index contributed by atoms with van der Waals surface area (Å²) in [6.07, 6.45) is 5.12. The third-order valence-electron chi connectivity index (χ3n) is 6.19. The fourth-order valence-electron chi connectivity index (χ4n) is 4.36. The van der Waals surface area contributed by atoms with Gasteiger partial charge in [-0.15, -0.1) is 0 Å². The molecule has 1 aromatic carbocycles. The lowest BCUT2D eigenvalue weighted by molar-refractivity contribution is -0.0586. The van der Waals surface area contributed by atoms with Crippen LogP contribution in [0, 0.1) is 6.92 Å². The standard InChI is InChI=1S/C28H32N4O4/c1-19-7-9-22(10-8-19)14-30-27(34)24-17-31(13-11-23-6-4-5-12-29-23)18-25(26(24)33)28(35)32-15-20(2)36-21(3)16-32/h4-10,12,17-18,20-21H,11,13-16H2,1-3H3,(H,30,34)/t20-,21+. The molecular formula is C28H32N4O4. The highest BCUT2D eigenvalue weighted by Gasteiger charge is 2.29. The predicted octanol–water partition coefficient (Wildman–Crippen LogP) is 2.97. The van der Waals surface area contributed by atoms with E-state index in [2.05, 4.69) is 10.3 Å². The summed E-state index contributed by atoms with van der Waals surface area (Å²) in [6.45, 7) is 7.32. The molecule has 0 bridgehead atoms. The molecule has 2 aromatic heterocycles. The minimum absolute atomic E-state index is 0.0136. The molecule has 8 heteroatoms. The van der Waals surface area contributed by atoms with Crippen LogP contribution in [0.5, 0.6) is 0 Å². The first-order chi connectivity index (χ1) is 17.3. The molecule has 2 atom stereocenters. The molecule has 1 aliphatic heterocycles. The molecule has 1 saturated heterocycles. The van der Waals surface area contributed by atoms with Gasteiger partial charge in [0.1, 0.15) is 11.1 Å². The number of hydrogen-bond acceptors (Lipinski definition) is 5. The summed E-state index contributed by atoms with van der Waals surface area (Å²) in [4.78, 5) is 45.9. The number of benzene rings is 1. The van der Waals surface area contributed by atoms with E-state index in [0.717, 1.165) is 16.8 Å². The Morgan fingerprint density at radius 2 is 1.72 bits per heavy atom. The first-order valence-electron chi connectivity index (χ1n) is 12.2. The number of hydrogen-bond donors (Lipinski definition) is 1. The van der Waals surface area contributed by atoms with Gasteiger partial charge in [-0.05, 0) is 38.5 Å². The van der Waals surface area contributed by atoms with E-state index in [4.69, 9.17) is 4.74 Å². The van der Waals surface area contributed by atoms with Gasteiger partial charge in [-0.25, -0.2) is 0 Å². The number of carbonyl (C=O) groups excluding carboxylic acids is 2. The Kier molecular flexibility index (Phi) is 7.95. The van der Waals surface area contributed by atoms with Gasteiger partial charge < -0.3 is 19.5 Å². The lowest BCUT2D eigenvalue weighted by Gasteiger charge is -2.35. The van der Waals surface area contributed by atoms with Crippen molar-refractivity contribution >= 4 is 11.8 Å². The van der Waals surface area contributed by atoms with Crippen LogP contribution >= 0.6 is 0 Å². The molecule has 8 nitrogen and oxygen atoms in total. The minimum Gasteiger partial charge on any atom is -0.372 e. The molecule has 36 heavy (non-hydrogen) atoms. The highest BCUT2D eigenvalue weighted by atomic mass is 16.5. The Hall–Kier alpha value is -3.78. The normalized spacial score (nSPS) is 17.6. The van der Waals surface area contributed by atoms with Crippen molar-refractivity contribution in [1.82, 2.24) is 19.8 Å². The number of amides is 2. The van der Waals surface area contributed by atoms with Gasteiger partial charge in [0.2, 0.25) is 5.43 Å². The first kappa shape index (κ1) is 25.3. The van der Waals surface area contributed by atoms with E-state index in [1.54, 1.807) is 21.9 Å². The zero-order valence-corrected chi connectivity index (χ0v) is 20.9. The largest absolute Gasteiger partial charge is 0.372 e. The first-order valence-corrected chi connectivity index (χ1v) is 12.2. The number of ether oxygens (including phenoxy) is 1. The van der Waals surface area contributed by atoms with Crippen molar-refractivity contribution in [1.29, 1.82) is 0 Å². The molecule has 1 aliphatic rings. The third-order valence-corrected chi connectivity index (χ3v) is 6.19. The summed E-state index contributed by atoms with van der Waals surface area (Å²) in [5, 5.41) is 2.83. The number of nitrogens with one attached hydrogen (secondary N) is 1. The van der Waals surface area contributed by atoms with E-state index >= 15 is 0 Å². The predicted molar refractivity (Wildman–Crippen MR) is 137 cm³/mol. The third kappa shape index (κ3) is 6.26. The van der Waals surface area contributed by atoms with Crippen molar-refractivity contribution in [2.24, 2.45) is 0 Å². The zero-order valence-electron chi connectivity index (χ0n) is 20.9. The average Bonchev–Trinajstić information content (AvgIpc) is 2.87. The molecule has 2 amide bonds. The van der Waals surface area contributed by atoms with Gasteiger partial charge in [-0.1, -0.05) is 35.9 Å². The SMILES string of the molecule is Cc1ccc(CNC(=O)c2cn(CCc3ccccn3)cc(C(=O)N3C[C@@H](C)O[C@@H](C)C3)c2=O)cc1. The second-order valence-electron chi connectivity index (χ2n) is 9.36. The van der Waals surface area contributed by atoms with Gasteiger partial charge in [0, 0.05) is 56.9 Å². The van der Waals surface area contributed by atoms with Crippen LogP contribution in [0.3, 0.4) is 0 Å². The van der Waals surface area contributed by atoms with Crippen molar-refractivity contribution in [2.45, 2.75) is 52.5 Å². The van der Waals surface area contributed by atoms with E-state index in [0.29, 0.717) is 26.1 Å². The van der Waals surface area contributed by atoms with Crippen LogP contribution in [-0.2, 0) is 24.2 Å². The second kappa shape index (κ2) is 11.3. The van der Waals surface area contributed by atoms with E-state index in [9.17, 15) is 14.4 Å². The molecule has 0 unspecified atom stereocenters. The summed E-state index contributed by atoms with van der Waals surface area (Å²) in [5.41, 5.74) is 2.29. The van der Waals surface area contributed by atoms with Crippen molar-refractivity contribution in [3.63, 3.8) is 0 Å². The Labute approximate surface area is 210 Å². The number of rotatable bonds is 7. The lowest BCUT2D eigenvalue weighted by Crippen LogP contribution is -2.49. The molecule has 1 N–H and O–H groups in total. The van der Waals surface area contributed by atoms with Gasteiger partial charge in [0.25, 0.3) is 11.8 Å². The Morgan fingerprint density at radius 3 is 2.39 bits per heavy atom. The zero-order chi connectivity index (χ0) is 25.7. The van der Waals surface area contributed by atoms with Crippen LogP contribution in [0.1, 0.15) is 51.4 Å². The number of pyridine rings is 2. The fourth-order valence-corrected chi connectivity index (χ4v) is 4.36. The average molecular weight is 489 g/mol. The van der Waals surface area contributed by atoms with Gasteiger partial charge in [-0.2, -0.15) is 0 Å². The van der Waals surface area contributed by atoms with Gasteiger partial charge in [0.05, 0.1) is 12.2 Å².